The highest BCUT2D eigenvalue weighted by Crippen LogP contribution is 2.21. The molecule has 3 nitrogen and oxygen atoms in total. The number of hydrogen-bond acceptors (Lipinski definition) is 3. The molecule has 90 valence electrons. The van der Waals surface area contributed by atoms with Crippen molar-refractivity contribution in [1.82, 2.24) is 4.48 Å². The summed E-state index contributed by atoms with van der Waals surface area (Å²) in [6.07, 6.45) is 1.23. The predicted molar refractivity (Wildman–Crippen MR) is 72.1 cm³/mol. The predicted octanol–water partition coefficient (Wildman–Crippen LogP) is 2.08. The smallest absolute Gasteiger partial charge is 0.199 e. The van der Waals surface area contributed by atoms with E-state index < -0.39 is 8.87 Å². The Kier molecular flexibility index (Phi) is 4.04. The van der Waals surface area contributed by atoms with E-state index in [0.29, 0.717) is 5.75 Å². The number of benzene rings is 1. The molecule has 0 fully saturated rings. The zero-order valence-electron chi connectivity index (χ0n) is 10.1. The number of hydrogen-bond donors (Lipinski definition) is 0. The highest BCUT2D eigenvalue weighted by atomic mass is 33.1. The fraction of sp³-hybridized carbons (Fsp3) is 0.455. The number of rotatable bonds is 4. The van der Waals surface area contributed by atoms with Crippen molar-refractivity contribution < 1.29 is 8.42 Å². The Morgan fingerprint density at radius 3 is 2.00 bits per heavy atom. The Morgan fingerprint density at radius 2 is 1.62 bits per heavy atom. The molecule has 0 aliphatic heterocycles. The molecule has 0 saturated heterocycles. The highest BCUT2D eigenvalue weighted by Gasteiger charge is 2.11. The second-order valence-corrected chi connectivity index (χ2v) is 9.10. The fourth-order valence-corrected chi connectivity index (χ4v) is 2.81. The third-order valence-electron chi connectivity index (χ3n) is 2.15. The lowest BCUT2D eigenvalue weighted by Gasteiger charge is -2.23. The average molecular weight is 260 g/mol. The molecule has 0 saturated carbocycles. The topological polar surface area (TPSA) is 34.1 Å². The molecule has 0 amide bonds. The molecule has 0 atom stereocenters. The van der Waals surface area contributed by atoms with Crippen LogP contribution in [0.4, 0.5) is 5.69 Å². The Labute approximate surface area is 101 Å². The summed E-state index contributed by atoms with van der Waals surface area (Å²) in [5.74, 6) is 0.510. The summed E-state index contributed by atoms with van der Waals surface area (Å²) in [7, 11) is 4.31. The Balaban J connectivity index is 2.73. The van der Waals surface area contributed by atoms with Gasteiger partial charge in [0.25, 0.3) is 0 Å². The molecule has 1 rings (SSSR count). The maximum atomic E-state index is 11.0. The minimum absolute atomic E-state index is 0.510. The molecule has 0 unspecified atom stereocenters. The van der Waals surface area contributed by atoms with Crippen LogP contribution in [0.5, 0.6) is 0 Å². The fourth-order valence-electron chi connectivity index (χ4n) is 1.21. The first-order valence-electron chi connectivity index (χ1n) is 4.94. The van der Waals surface area contributed by atoms with Gasteiger partial charge >= 0.3 is 0 Å². The van der Waals surface area contributed by atoms with Gasteiger partial charge in [0.1, 0.15) is 5.69 Å². The molecule has 0 N–H and O–H groups in total. The Morgan fingerprint density at radius 1 is 1.12 bits per heavy atom. The zero-order valence-corrected chi connectivity index (χ0v) is 11.7. The second kappa shape index (κ2) is 4.77. The molecule has 5 heteroatoms. The normalized spacial score (nSPS) is 12.8. The van der Waals surface area contributed by atoms with Crippen LogP contribution in [-0.2, 0) is 14.6 Å². The van der Waals surface area contributed by atoms with E-state index in [1.807, 2.05) is 24.3 Å². The van der Waals surface area contributed by atoms with E-state index in [0.717, 1.165) is 20.8 Å². The van der Waals surface area contributed by atoms with E-state index in [2.05, 4.69) is 21.1 Å². The van der Waals surface area contributed by atoms with Gasteiger partial charge in [-0.05, 0) is 28.5 Å². The van der Waals surface area contributed by atoms with Crippen LogP contribution in [0, 0.1) is 0 Å². The van der Waals surface area contributed by atoms with Crippen LogP contribution in [0.25, 0.3) is 0 Å². The maximum Gasteiger partial charge on any atom is 0.199 e. The molecule has 0 radical (unpaired) electrons. The number of nitrogens with zero attached hydrogens (tertiary/aromatic N) is 1. The van der Waals surface area contributed by atoms with Gasteiger partial charge in [-0.25, -0.2) is 8.42 Å². The molecule has 0 bridgehead atoms. The molecule has 0 aliphatic rings. The molecule has 16 heavy (non-hydrogen) atoms. The Hall–Kier alpha value is -0.520. The van der Waals surface area contributed by atoms with E-state index in [-0.39, 0.29) is 0 Å². The van der Waals surface area contributed by atoms with E-state index in [1.54, 1.807) is 0 Å². The first-order chi connectivity index (χ1) is 7.18. The first-order valence-corrected chi connectivity index (χ1v) is 8.33. The van der Waals surface area contributed by atoms with E-state index in [4.69, 9.17) is 0 Å². The van der Waals surface area contributed by atoms with Crippen LogP contribution in [-0.4, -0.2) is 35.8 Å². The largest absolute Gasteiger partial charge is 0.298 e. The SMILES string of the molecule is C[N+](C)(C)c1ccc(CSS(C)(=O)=O)cc1. The summed E-state index contributed by atoms with van der Waals surface area (Å²) < 4.78 is 22.7. The van der Waals surface area contributed by atoms with E-state index in [9.17, 15) is 8.42 Å². The zero-order chi connectivity index (χ0) is 12.4. The van der Waals surface area contributed by atoms with Gasteiger partial charge in [-0.1, -0.05) is 12.1 Å². The summed E-state index contributed by atoms with van der Waals surface area (Å²) in [5.41, 5.74) is 2.24. The molecule has 1 aromatic carbocycles. The Bertz CT molecular complexity index is 444. The van der Waals surface area contributed by atoms with Crippen molar-refractivity contribution in [3.63, 3.8) is 0 Å². The van der Waals surface area contributed by atoms with Gasteiger partial charge in [0.15, 0.2) is 8.87 Å². The highest BCUT2D eigenvalue weighted by molar-refractivity contribution is 8.71. The van der Waals surface area contributed by atoms with Crippen molar-refractivity contribution in [2.45, 2.75) is 5.75 Å². The van der Waals surface area contributed by atoms with Crippen molar-refractivity contribution in [3.8, 4) is 0 Å². The summed E-state index contributed by atoms with van der Waals surface area (Å²) in [4.78, 5) is 0. The maximum absolute atomic E-state index is 11.0. The standard InChI is InChI=1S/C11H18NO2S2/c1-12(2,3)11-7-5-10(6-8-11)9-15-16(4,13)14/h5-8H,9H2,1-4H3/q+1. The van der Waals surface area contributed by atoms with Crippen LogP contribution >= 0.6 is 10.8 Å². The first kappa shape index (κ1) is 13.5. The van der Waals surface area contributed by atoms with Gasteiger partial charge in [-0.3, -0.25) is 4.48 Å². The lowest BCUT2D eigenvalue weighted by atomic mass is 10.2. The third kappa shape index (κ3) is 4.55. The second-order valence-electron chi connectivity index (χ2n) is 4.65. The van der Waals surface area contributed by atoms with Gasteiger partial charge in [0.05, 0.1) is 21.1 Å². The molecule has 0 heterocycles. The summed E-state index contributed by atoms with van der Waals surface area (Å²) in [5, 5.41) is 0. The lowest BCUT2D eigenvalue weighted by Crippen LogP contribution is -2.34. The summed E-state index contributed by atoms with van der Waals surface area (Å²) in [6.45, 7) is 0. The van der Waals surface area contributed by atoms with Crippen LogP contribution in [0.1, 0.15) is 5.56 Å². The minimum atomic E-state index is -2.95. The lowest BCUT2D eigenvalue weighted by molar-refractivity contribution is 0.486. The molecule has 1 aromatic rings. The van der Waals surface area contributed by atoms with Gasteiger partial charge in [-0.15, -0.1) is 0 Å². The molecule has 0 aromatic heterocycles. The van der Waals surface area contributed by atoms with E-state index >= 15 is 0 Å². The van der Waals surface area contributed by atoms with Gasteiger partial charge in [0.2, 0.25) is 0 Å². The molecular formula is C11H18NO2S2+. The molecular weight excluding hydrogens is 242 g/mol. The molecule has 0 aliphatic carbocycles. The van der Waals surface area contributed by atoms with Crippen LogP contribution in [0.3, 0.4) is 0 Å². The monoisotopic (exact) mass is 260 g/mol. The summed E-state index contributed by atoms with van der Waals surface area (Å²) in [6, 6.07) is 8.05. The van der Waals surface area contributed by atoms with Crippen LogP contribution < -0.4 is 4.48 Å². The minimum Gasteiger partial charge on any atom is -0.298 e. The van der Waals surface area contributed by atoms with Crippen molar-refractivity contribution in [2.75, 3.05) is 27.4 Å². The van der Waals surface area contributed by atoms with Crippen molar-refractivity contribution in [1.29, 1.82) is 0 Å². The van der Waals surface area contributed by atoms with Crippen LogP contribution in [0.15, 0.2) is 24.3 Å². The van der Waals surface area contributed by atoms with Gasteiger partial charge in [0, 0.05) is 12.0 Å². The van der Waals surface area contributed by atoms with Gasteiger partial charge in [-0.2, -0.15) is 0 Å². The van der Waals surface area contributed by atoms with E-state index in [1.165, 1.54) is 11.9 Å². The van der Waals surface area contributed by atoms with Crippen molar-refractivity contribution in [3.05, 3.63) is 29.8 Å². The average Bonchev–Trinajstić information content (AvgIpc) is 2.13. The van der Waals surface area contributed by atoms with Gasteiger partial charge < -0.3 is 0 Å². The summed E-state index contributed by atoms with van der Waals surface area (Å²) >= 11 is 0. The third-order valence-corrected chi connectivity index (χ3v) is 4.67. The van der Waals surface area contributed by atoms with Crippen molar-refractivity contribution >= 4 is 25.4 Å². The van der Waals surface area contributed by atoms with Crippen molar-refractivity contribution in [2.24, 2.45) is 0 Å². The number of quaternary nitrogens is 1. The quantitative estimate of drug-likeness (QED) is 0.614. The van der Waals surface area contributed by atoms with Crippen LogP contribution in [0.2, 0.25) is 0 Å². The molecule has 0 spiro atoms.